The van der Waals surface area contributed by atoms with E-state index < -0.39 is 6.10 Å². The van der Waals surface area contributed by atoms with Crippen LogP contribution in [-0.4, -0.2) is 37.2 Å². The van der Waals surface area contributed by atoms with Crippen molar-refractivity contribution in [3.63, 3.8) is 0 Å². The molecule has 0 bridgehead atoms. The third-order valence-electron chi connectivity index (χ3n) is 10.6. The predicted octanol–water partition coefficient (Wildman–Crippen LogP) is 15.9. The van der Waals surface area contributed by atoms with E-state index in [2.05, 4.69) is 69.4 Å². The summed E-state index contributed by atoms with van der Waals surface area (Å²) in [5, 5.41) is 0. The number of unbranched alkanes of at least 4 members (excludes halogenated alkanes) is 25. The minimum atomic E-state index is -0.781. The van der Waals surface area contributed by atoms with Crippen LogP contribution in [0, 0.1) is 0 Å². The molecule has 1 atom stereocenters. The monoisotopic (exact) mass is 813 g/mol. The quantitative estimate of drug-likeness (QED) is 0.0264. The van der Waals surface area contributed by atoms with Gasteiger partial charge in [0.15, 0.2) is 6.10 Å². The van der Waals surface area contributed by atoms with Crippen LogP contribution in [-0.2, 0) is 28.6 Å². The maximum Gasteiger partial charge on any atom is 0.306 e. The largest absolute Gasteiger partial charge is 0.462 e. The molecule has 0 radical (unpaired) electrons. The second-order valence-electron chi connectivity index (χ2n) is 16.4. The molecule has 6 nitrogen and oxygen atoms in total. The number of ether oxygens (including phenoxy) is 3. The number of rotatable bonds is 44. The van der Waals surface area contributed by atoms with Crippen LogP contribution in [0.2, 0.25) is 0 Å². The molecule has 0 aromatic carbocycles. The average molecular weight is 813 g/mol. The summed E-state index contributed by atoms with van der Waals surface area (Å²) in [6.45, 7) is 6.54. The van der Waals surface area contributed by atoms with Gasteiger partial charge in [-0.15, -0.1) is 0 Å². The Bertz CT molecular complexity index is 1030. The van der Waals surface area contributed by atoms with Gasteiger partial charge in [-0.25, -0.2) is 0 Å². The molecule has 0 saturated heterocycles. The van der Waals surface area contributed by atoms with Gasteiger partial charge in [0.25, 0.3) is 0 Å². The Morgan fingerprint density at radius 3 is 1.07 bits per heavy atom. The summed E-state index contributed by atoms with van der Waals surface area (Å²) < 4.78 is 16.7. The number of carbonyl (C=O) groups is 3. The Morgan fingerprint density at radius 2 is 0.638 bits per heavy atom. The van der Waals surface area contributed by atoms with Crippen LogP contribution in [0.4, 0.5) is 0 Å². The van der Waals surface area contributed by atoms with Crippen molar-refractivity contribution in [2.24, 2.45) is 0 Å². The molecule has 0 N–H and O–H groups in total. The third-order valence-corrected chi connectivity index (χ3v) is 10.6. The highest BCUT2D eigenvalue weighted by Crippen LogP contribution is 2.14. The van der Waals surface area contributed by atoms with Crippen LogP contribution in [0.1, 0.15) is 245 Å². The number of allylic oxidation sites excluding steroid dienone is 8. The Kier molecular flexibility index (Phi) is 44.9. The van der Waals surface area contributed by atoms with E-state index in [1.807, 2.05) is 0 Å². The summed E-state index contributed by atoms with van der Waals surface area (Å²) in [5.74, 6) is -0.911. The summed E-state index contributed by atoms with van der Waals surface area (Å²) >= 11 is 0. The number of esters is 3. The minimum absolute atomic E-state index is 0.0832. The SMILES string of the molecule is CCCC/C=C\CCCCCCCC(=O)OC[C@@H](COC(=O)CCCCCC/C=C\C/C=C\C/C=C\CCCCC)OC(=O)CCCCCCCCCCCCCC. The lowest BCUT2D eigenvalue weighted by atomic mass is 10.0. The van der Waals surface area contributed by atoms with Gasteiger partial charge >= 0.3 is 17.9 Å². The predicted molar refractivity (Wildman–Crippen MR) is 247 cm³/mol. The van der Waals surface area contributed by atoms with E-state index in [1.165, 1.54) is 116 Å². The molecule has 0 aromatic rings. The second kappa shape index (κ2) is 47.1. The molecule has 0 saturated carbocycles. The van der Waals surface area contributed by atoms with Crippen LogP contribution >= 0.6 is 0 Å². The van der Waals surface area contributed by atoms with Gasteiger partial charge in [0, 0.05) is 19.3 Å². The number of hydrogen-bond acceptors (Lipinski definition) is 6. The highest BCUT2D eigenvalue weighted by Gasteiger charge is 2.19. The first-order valence-electron chi connectivity index (χ1n) is 24.6. The molecular formula is C52H92O6. The molecule has 0 aliphatic carbocycles. The molecule has 0 rings (SSSR count). The number of hydrogen-bond donors (Lipinski definition) is 0. The van der Waals surface area contributed by atoms with Crippen molar-refractivity contribution in [2.45, 2.75) is 252 Å². The van der Waals surface area contributed by atoms with Gasteiger partial charge in [0.1, 0.15) is 13.2 Å². The fraction of sp³-hybridized carbons (Fsp3) is 0.788. The van der Waals surface area contributed by atoms with Crippen LogP contribution in [0.3, 0.4) is 0 Å². The summed E-state index contributed by atoms with van der Waals surface area (Å²) in [6, 6.07) is 0. The lowest BCUT2D eigenvalue weighted by molar-refractivity contribution is -0.167. The zero-order chi connectivity index (χ0) is 42.3. The first-order chi connectivity index (χ1) is 28.5. The Hall–Kier alpha value is -2.63. The van der Waals surface area contributed by atoms with E-state index in [9.17, 15) is 14.4 Å². The molecule has 58 heavy (non-hydrogen) atoms. The molecule has 0 fully saturated rings. The molecule has 0 spiro atoms. The normalized spacial score (nSPS) is 12.4. The van der Waals surface area contributed by atoms with Gasteiger partial charge in [-0.1, -0.05) is 198 Å². The van der Waals surface area contributed by atoms with E-state index in [1.54, 1.807) is 0 Å². The first kappa shape index (κ1) is 55.4. The molecule has 0 unspecified atom stereocenters. The van der Waals surface area contributed by atoms with Crippen molar-refractivity contribution >= 4 is 17.9 Å². The van der Waals surface area contributed by atoms with Crippen molar-refractivity contribution in [3.05, 3.63) is 48.6 Å². The van der Waals surface area contributed by atoms with Gasteiger partial charge in [0.05, 0.1) is 0 Å². The Morgan fingerprint density at radius 1 is 0.345 bits per heavy atom. The maximum absolute atomic E-state index is 12.7. The zero-order valence-corrected chi connectivity index (χ0v) is 38.3. The van der Waals surface area contributed by atoms with E-state index in [4.69, 9.17) is 14.2 Å². The topological polar surface area (TPSA) is 78.9 Å². The smallest absolute Gasteiger partial charge is 0.306 e. The fourth-order valence-electron chi connectivity index (χ4n) is 6.78. The second-order valence-corrected chi connectivity index (χ2v) is 16.4. The average Bonchev–Trinajstić information content (AvgIpc) is 3.22. The molecule has 6 heteroatoms. The van der Waals surface area contributed by atoms with Crippen LogP contribution < -0.4 is 0 Å². The van der Waals surface area contributed by atoms with E-state index in [0.717, 1.165) is 89.9 Å². The third kappa shape index (κ3) is 44.5. The molecule has 0 aliphatic rings. The zero-order valence-electron chi connectivity index (χ0n) is 38.3. The van der Waals surface area contributed by atoms with Crippen LogP contribution in [0.25, 0.3) is 0 Å². The van der Waals surface area contributed by atoms with Gasteiger partial charge in [0.2, 0.25) is 0 Å². The van der Waals surface area contributed by atoms with Crippen molar-refractivity contribution in [2.75, 3.05) is 13.2 Å². The summed E-state index contributed by atoms with van der Waals surface area (Å²) in [7, 11) is 0. The standard InChI is InChI=1S/C52H92O6/c1-4-7-10-13-16-19-22-24-25-26-27-28-31-33-36-39-42-45-51(54)57-48-49(47-56-50(53)44-41-38-35-32-29-21-18-15-12-9-6-3)58-52(55)46-43-40-37-34-30-23-20-17-14-11-8-5-2/h15-16,18-19,24-25,27-28,49H,4-14,17,20-23,26,29-48H2,1-3H3/b18-15-,19-16-,25-24-,28-27-/t49-/m0/s1. The number of carbonyl (C=O) groups excluding carboxylic acids is 3. The highest BCUT2D eigenvalue weighted by atomic mass is 16.6. The van der Waals surface area contributed by atoms with Gasteiger partial charge < -0.3 is 14.2 Å². The summed E-state index contributed by atoms with van der Waals surface area (Å²) in [6.07, 6.45) is 55.2. The Labute approximate surface area is 358 Å². The first-order valence-corrected chi connectivity index (χ1v) is 24.6. The summed E-state index contributed by atoms with van der Waals surface area (Å²) in [5.41, 5.74) is 0. The van der Waals surface area contributed by atoms with Crippen molar-refractivity contribution in [1.82, 2.24) is 0 Å². The molecule has 0 aliphatic heterocycles. The van der Waals surface area contributed by atoms with Gasteiger partial charge in [-0.3, -0.25) is 14.4 Å². The fourth-order valence-corrected chi connectivity index (χ4v) is 6.78. The van der Waals surface area contributed by atoms with Crippen LogP contribution in [0.5, 0.6) is 0 Å². The lowest BCUT2D eigenvalue weighted by Gasteiger charge is -2.18. The molecule has 0 aromatic heterocycles. The van der Waals surface area contributed by atoms with Crippen molar-refractivity contribution < 1.29 is 28.6 Å². The molecule has 0 heterocycles. The van der Waals surface area contributed by atoms with Crippen molar-refractivity contribution in [1.29, 1.82) is 0 Å². The molecule has 336 valence electrons. The molecule has 0 amide bonds. The van der Waals surface area contributed by atoms with E-state index in [0.29, 0.717) is 19.3 Å². The minimum Gasteiger partial charge on any atom is -0.462 e. The van der Waals surface area contributed by atoms with Crippen LogP contribution in [0.15, 0.2) is 48.6 Å². The van der Waals surface area contributed by atoms with Gasteiger partial charge in [-0.05, 0) is 77.0 Å². The maximum atomic E-state index is 12.7. The molecular weight excluding hydrogens is 721 g/mol. The summed E-state index contributed by atoms with van der Waals surface area (Å²) in [4.78, 5) is 37.8. The highest BCUT2D eigenvalue weighted by molar-refractivity contribution is 5.71. The van der Waals surface area contributed by atoms with E-state index >= 15 is 0 Å². The Balaban J connectivity index is 4.39. The van der Waals surface area contributed by atoms with E-state index in [-0.39, 0.29) is 31.1 Å². The lowest BCUT2D eigenvalue weighted by Crippen LogP contribution is -2.30. The van der Waals surface area contributed by atoms with Gasteiger partial charge in [-0.2, -0.15) is 0 Å². The van der Waals surface area contributed by atoms with Crippen molar-refractivity contribution in [3.8, 4) is 0 Å².